The van der Waals surface area contributed by atoms with Crippen LogP contribution in [0.4, 0.5) is 0 Å². The molecule has 0 radical (unpaired) electrons. The summed E-state index contributed by atoms with van der Waals surface area (Å²) in [5, 5.41) is 54.8. The van der Waals surface area contributed by atoms with Gasteiger partial charge in [0.1, 0.15) is 0 Å². The van der Waals surface area contributed by atoms with E-state index in [1.165, 1.54) is 5.56 Å². The van der Waals surface area contributed by atoms with Crippen LogP contribution in [-0.2, 0) is 61.2 Å². The van der Waals surface area contributed by atoms with Crippen molar-refractivity contribution >= 4 is 35.6 Å². The molecule has 3 amide bonds. The number of aliphatic carboxylic acids is 3. The first-order valence-electron chi connectivity index (χ1n) is 29.8. The van der Waals surface area contributed by atoms with E-state index in [1.54, 1.807) is 14.7 Å². The van der Waals surface area contributed by atoms with Gasteiger partial charge < -0.3 is 30.0 Å². The molecule has 5 heterocycles. The van der Waals surface area contributed by atoms with Crippen molar-refractivity contribution in [1.29, 1.82) is 5.26 Å². The van der Waals surface area contributed by atoms with Crippen molar-refractivity contribution in [3.8, 4) is 17.9 Å². The van der Waals surface area contributed by atoms with Crippen LogP contribution in [0.1, 0.15) is 149 Å². The molecule has 3 aliphatic heterocycles. The lowest BCUT2D eigenvalue weighted by atomic mass is 9.88. The number of nitriles is 1. The highest BCUT2D eigenvalue weighted by Gasteiger charge is 2.32. The Balaban J connectivity index is 0.000000252. The van der Waals surface area contributed by atoms with E-state index in [2.05, 4.69) is 108 Å². The number of carbonyl (C=O) groups excluding carboxylic acids is 3. The molecular formula is C62H81N13O9. The van der Waals surface area contributed by atoms with Crippen LogP contribution in [0.3, 0.4) is 0 Å². The summed E-state index contributed by atoms with van der Waals surface area (Å²) in [5.41, 5.74) is 15.5. The van der Waals surface area contributed by atoms with Crippen molar-refractivity contribution in [2.45, 2.75) is 138 Å². The van der Waals surface area contributed by atoms with Gasteiger partial charge in [-0.2, -0.15) is 5.26 Å². The number of amides is 3. The molecule has 8 rings (SSSR count). The number of azide groups is 1. The first kappa shape index (κ1) is 62.7. The molecule has 0 saturated heterocycles. The minimum absolute atomic E-state index is 0.0456. The zero-order valence-corrected chi connectivity index (χ0v) is 49.0. The highest BCUT2D eigenvalue weighted by Crippen LogP contribution is 2.31. The summed E-state index contributed by atoms with van der Waals surface area (Å²) in [6.45, 7) is 15.6. The van der Waals surface area contributed by atoms with Crippen molar-refractivity contribution in [1.82, 2.24) is 44.7 Å². The third-order valence-corrected chi connectivity index (χ3v) is 15.0. The van der Waals surface area contributed by atoms with Crippen molar-refractivity contribution in [2.75, 3.05) is 39.3 Å². The van der Waals surface area contributed by atoms with Crippen molar-refractivity contribution in [2.24, 2.45) is 28.8 Å². The van der Waals surface area contributed by atoms with E-state index in [9.17, 15) is 28.8 Å². The molecule has 84 heavy (non-hydrogen) atoms. The predicted molar refractivity (Wildman–Crippen MR) is 315 cm³/mol. The summed E-state index contributed by atoms with van der Waals surface area (Å²) in [6, 6.07) is 31.0. The Morgan fingerprint density at radius 2 is 1.07 bits per heavy atom. The lowest BCUT2D eigenvalue weighted by Crippen LogP contribution is -2.39. The minimum atomic E-state index is -2.40. The second kappa shape index (κ2) is 35.9. The number of benzene rings is 3. The molecule has 3 N–H and O–H groups in total. The standard InChI is InChI=1S/2C20H26N4O3.C13H19NO3.C7H7N3.C2H3N/c1-14-12-23(18(25)8-9-19(26)27)11-10-17-20(15(14)2)21-22-24(17)13-16-6-4-3-5-7-16;1-14-12-23(18(25)8-9-19(26)27)11-10-17-20(15(14)2)24(22-21-17)13-16-6-4-3-5-7-16;1-10-5-3-4-8-14(9-11(10)2)12(15)6-7-13(16)17;8-10-9-6-7-4-2-1-3-5-7;1-2-3/h2*3-7,14-15H,8-13H2,1-2H3,(H,26,27);10-11H,4,6-9H2,1-2H3,(H,16,17);1-5H,6H2;1H3/t2*14-,15+;10-,11-;;/m000../s1/i;;;;1D3. The van der Waals surface area contributed by atoms with Gasteiger partial charge in [0.15, 0.2) is 0 Å². The van der Waals surface area contributed by atoms with Gasteiger partial charge in [-0.25, -0.2) is 9.36 Å². The first-order valence-corrected chi connectivity index (χ1v) is 28.3. The average molecular weight is 1160 g/mol. The van der Waals surface area contributed by atoms with E-state index >= 15 is 0 Å². The molecule has 0 unspecified atom stereocenters. The number of rotatable bonds is 15. The Bertz CT molecular complexity index is 3170. The van der Waals surface area contributed by atoms with E-state index in [4.69, 9.17) is 30.2 Å². The van der Waals surface area contributed by atoms with Gasteiger partial charge in [-0.1, -0.05) is 154 Å². The number of carboxylic acids is 3. The molecule has 6 atom stereocenters. The highest BCUT2D eigenvalue weighted by atomic mass is 16.4. The summed E-state index contributed by atoms with van der Waals surface area (Å²) in [5.74, 6) is 4.59. The molecule has 0 bridgehead atoms. The van der Waals surface area contributed by atoms with E-state index in [-0.39, 0.29) is 85.8 Å². The fraction of sp³-hybridized carbons (Fsp3) is 0.500. The van der Waals surface area contributed by atoms with Crippen LogP contribution in [0.2, 0.25) is 0 Å². The molecule has 0 spiro atoms. The van der Waals surface area contributed by atoms with Gasteiger partial charge in [0, 0.05) is 111 Å². The van der Waals surface area contributed by atoms with Gasteiger partial charge in [0.25, 0.3) is 0 Å². The van der Waals surface area contributed by atoms with Gasteiger partial charge in [-0.3, -0.25) is 28.8 Å². The fourth-order valence-electron chi connectivity index (χ4n) is 9.62. The molecule has 22 heteroatoms. The summed E-state index contributed by atoms with van der Waals surface area (Å²) in [6.07, 6.45) is 1.82. The molecule has 448 valence electrons. The first-order chi connectivity index (χ1) is 41.4. The summed E-state index contributed by atoms with van der Waals surface area (Å²) < 4.78 is 22.4. The van der Waals surface area contributed by atoms with Crippen molar-refractivity contribution < 1.29 is 48.2 Å². The number of nitrogens with zero attached hydrogens (tertiary/aromatic N) is 13. The number of hydrogen-bond donors (Lipinski definition) is 3. The fourth-order valence-corrected chi connectivity index (χ4v) is 9.62. The molecule has 22 nitrogen and oxygen atoms in total. The zero-order chi connectivity index (χ0) is 64.1. The van der Waals surface area contributed by atoms with Crippen LogP contribution in [0, 0.1) is 46.8 Å². The van der Waals surface area contributed by atoms with Crippen LogP contribution in [0.5, 0.6) is 0 Å². The van der Waals surface area contributed by atoms with Gasteiger partial charge in [0.05, 0.1) is 67.7 Å². The van der Waals surface area contributed by atoms with E-state index in [0.29, 0.717) is 84.1 Å². The Morgan fingerprint density at radius 3 is 1.56 bits per heavy atom. The second-order valence-corrected chi connectivity index (χ2v) is 21.2. The summed E-state index contributed by atoms with van der Waals surface area (Å²) >= 11 is 0. The highest BCUT2D eigenvalue weighted by molar-refractivity contribution is 5.82. The third-order valence-electron chi connectivity index (χ3n) is 15.0. The Kier molecular flexibility index (Phi) is 26.8. The van der Waals surface area contributed by atoms with E-state index in [0.717, 1.165) is 40.0 Å². The molecule has 5 aromatic rings. The van der Waals surface area contributed by atoms with Crippen LogP contribution in [-0.4, -0.2) is 135 Å². The van der Waals surface area contributed by atoms with Crippen LogP contribution in [0.25, 0.3) is 10.4 Å². The number of aromatic nitrogens is 6. The molecule has 0 aliphatic carbocycles. The van der Waals surface area contributed by atoms with E-state index < -0.39 is 24.8 Å². The van der Waals surface area contributed by atoms with Crippen LogP contribution >= 0.6 is 0 Å². The minimum Gasteiger partial charge on any atom is -0.481 e. The maximum atomic E-state index is 12.5. The van der Waals surface area contributed by atoms with Gasteiger partial charge >= 0.3 is 17.9 Å². The normalized spacial score (nSPS) is 19.4. The number of fused-ring (bicyclic) bond motifs is 2. The maximum Gasteiger partial charge on any atom is 0.303 e. The topological polar surface area (TPSA) is 307 Å². The molecule has 3 aliphatic rings. The molecule has 2 aromatic heterocycles. The molecular weight excluding hydrogens is 1070 g/mol. The van der Waals surface area contributed by atoms with E-state index in [1.807, 2.05) is 76.1 Å². The SMILES string of the molecule is C[C@H]1C#CCCN(C(=O)CCC(=O)O)C[C@@H]1C.C[C@H]1CN(C(=O)CCC(=O)O)CCc2c(nnn2Cc2ccccc2)[C@@H]1C.C[C@H]1CN(C(=O)CCC(=O)O)CCc2nnn(Cc3ccccc3)c2[C@@H]1C.[2H]C([2H])([2H])C#N.[N-]=[N+]=NCc1ccccc1. The molecule has 0 saturated carbocycles. The Morgan fingerprint density at radius 1 is 0.631 bits per heavy atom. The van der Waals surface area contributed by atoms with Gasteiger partial charge in [-0.15, -0.1) is 16.1 Å². The Hall–Kier alpha value is -8.88. The lowest BCUT2D eigenvalue weighted by molar-refractivity contribution is -0.141. The summed E-state index contributed by atoms with van der Waals surface area (Å²) in [7, 11) is 0. The molecule has 0 fully saturated rings. The third kappa shape index (κ3) is 22.8. The quantitative estimate of drug-likeness (QED) is 0.0381. The van der Waals surface area contributed by atoms with Crippen molar-refractivity contribution in [3.05, 3.63) is 141 Å². The second-order valence-electron chi connectivity index (χ2n) is 21.2. The lowest BCUT2D eigenvalue weighted by Gasteiger charge is -2.32. The molecule has 3 aromatic carbocycles. The average Bonchev–Trinajstić information content (AvgIpc) is 2.54. The van der Waals surface area contributed by atoms with Crippen LogP contribution in [0.15, 0.2) is 96.1 Å². The van der Waals surface area contributed by atoms with Crippen molar-refractivity contribution in [3.63, 3.8) is 0 Å². The smallest absolute Gasteiger partial charge is 0.303 e. The summed E-state index contributed by atoms with van der Waals surface area (Å²) in [4.78, 5) is 76.7. The van der Waals surface area contributed by atoms with Gasteiger partial charge in [0.2, 0.25) is 17.7 Å². The number of carbonyl (C=O) groups is 6. The van der Waals surface area contributed by atoms with Crippen LogP contribution < -0.4 is 0 Å². The number of carboxylic acid groups (broad SMARTS) is 3. The zero-order valence-electron chi connectivity index (χ0n) is 52.0. The maximum absolute atomic E-state index is 12.5. The Labute approximate surface area is 496 Å². The monoisotopic (exact) mass is 1150 g/mol. The largest absolute Gasteiger partial charge is 0.481 e. The number of hydrogen-bond acceptors (Lipinski definition) is 12. The predicted octanol–water partition coefficient (Wildman–Crippen LogP) is 9.02. The van der Waals surface area contributed by atoms with Gasteiger partial charge in [-0.05, 0) is 40.0 Å².